The molecule has 1 fully saturated rings. The fourth-order valence-corrected chi connectivity index (χ4v) is 4.28. The van der Waals surface area contributed by atoms with Gasteiger partial charge in [-0.2, -0.15) is 0 Å². The monoisotopic (exact) mass is 309 g/mol. The minimum Gasteiger partial charge on any atom is -0.306 e. The van der Waals surface area contributed by atoms with Gasteiger partial charge in [-0.25, -0.2) is 12.7 Å². The van der Waals surface area contributed by atoms with Crippen molar-refractivity contribution in [3.8, 4) is 0 Å². The summed E-state index contributed by atoms with van der Waals surface area (Å²) < 4.78 is 24.7. The first-order chi connectivity index (χ1) is 10.0. The second-order valence-electron chi connectivity index (χ2n) is 6.10. The zero-order valence-corrected chi connectivity index (χ0v) is 13.3. The topological polar surface area (TPSA) is 62.3 Å². The van der Waals surface area contributed by atoms with E-state index in [1.807, 2.05) is 12.3 Å². The van der Waals surface area contributed by atoms with Crippen molar-refractivity contribution in [3.05, 3.63) is 29.6 Å². The summed E-state index contributed by atoms with van der Waals surface area (Å²) in [6, 6.07) is 4.89. The van der Waals surface area contributed by atoms with Gasteiger partial charge in [-0.15, -0.1) is 0 Å². The zero-order valence-electron chi connectivity index (χ0n) is 12.5. The summed E-state index contributed by atoms with van der Waals surface area (Å²) in [6.07, 6.45) is 8.35. The number of piperidine rings is 1. The van der Waals surface area contributed by atoms with Crippen molar-refractivity contribution < 1.29 is 8.42 Å². The Balaban J connectivity index is 1.62. The van der Waals surface area contributed by atoms with Gasteiger partial charge in [-0.3, -0.25) is 4.98 Å². The molecule has 0 radical (unpaired) electrons. The van der Waals surface area contributed by atoms with E-state index in [0.29, 0.717) is 25.2 Å². The minimum atomic E-state index is -3.04. The van der Waals surface area contributed by atoms with Crippen LogP contribution < -0.4 is 5.32 Å². The predicted molar refractivity (Wildman–Crippen MR) is 82.5 cm³/mol. The molecule has 1 saturated heterocycles. The van der Waals surface area contributed by atoms with Gasteiger partial charge in [0, 0.05) is 31.4 Å². The van der Waals surface area contributed by atoms with Crippen LogP contribution in [-0.4, -0.2) is 43.1 Å². The van der Waals surface area contributed by atoms with Crippen LogP contribution >= 0.6 is 0 Å². The molecule has 1 unspecified atom stereocenters. The van der Waals surface area contributed by atoms with E-state index in [2.05, 4.69) is 16.4 Å². The van der Waals surface area contributed by atoms with E-state index < -0.39 is 10.0 Å². The number of hydrogen-bond acceptors (Lipinski definition) is 4. The Morgan fingerprint density at radius 1 is 1.29 bits per heavy atom. The van der Waals surface area contributed by atoms with Crippen LogP contribution in [0.15, 0.2) is 18.3 Å². The molecule has 1 aromatic heterocycles. The quantitative estimate of drug-likeness (QED) is 0.918. The van der Waals surface area contributed by atoms with Gasteiger partial charge in [0.05, 0.1) is 11.9 Å². The molecule has 2 aliphatic rings. The highest BCUT2D eigenvalue weighted by atomic mass is 32.2. The fourth-order valence-electron chi connectivity index (χ4n) is 3.41. The van der Waals surface area contributed by atoms with Gasteiger partial charge in [0.15, 0.2) is 0 Å². The van der Waals surface area contributed by atoms with Crippen LogP contribution in [0.3, 0.4) is 0 Å². The molecule has 1 atom stereocenters. The number of aromatic nitrogens is 1. The maximum atomic E-state index is 11.5. The van der Waals surface area contributed by atoms with Crippen molar-refractivity contribution in [1.82, 2.24) is 14.6 Å². The molecule has 5 nitrogen and oxygen atoms in total. The summed E-state index contributed by atoms with van der Waals surface area (Å²) in [5.74, 6) is 0. The molecule has 2 heterocycles. The highest BCUT2D eigenvalue weighted by Crippen LogP contribution is 2.29. The molecular weight excluding hydrogens is 286 g/mol. The largest absolute Gasteiger partial charge is 0.306 e. The average Bonchev–Trinajstić information content (AvgIpc) is 2.47. The molecule has 3 rings (SSSR count). The number of hydrogen-bond donors (Lipinski definition) is 1. The van der Waals surface area contributed by atoms with Crippen LogP contribution in [0.25, 0.3) is 0 Å². The van der Waals surface area contributed by atoms with Crippen molar-refractivity contribution in [1.29, 1.82) is 0 Å². The first-order valence-electron chi connectivity index (χ1n) is 7.69. The van der Waals surface area contributed by atoms with Gasteiger partial charge in [0.25, 0.3) is 0 Å². The molecule has 0 spiro atoms. The van der Waals surface area contributed by atoms with E-state index in [0.717, 1.165) is 25.7 Å². The van der Waals surface area contributed by atoms with E-state index >= 15 is 0 Å². The Bertz CT molecular complexity index is 595. The molecule has 21 heavy (non-hydrogen) atoms. The molecule has 1 aromatic rings. The number of aryl methyl sites for hydroxylation is 1. The summed E-state index contributed by atoms with van der Waals surface area (Å²) in [5, 5.41) is 3.70. The molecule has 6 heteroatoms. The molecule has 0 saturated carbocycles. The lowest BCUT2D eigenvalue weighted by Crippen LogP contribution is -2.46. The summed E-state index contributed by atoms with van der Waals surface area (Å²) in [5.41, 5.74) is 2.55. The number of rotatable bonds is 3. The Labute approximate surface area is 126 Å². The van der Waals surface area contributed by atoms with Crippen LogP contribution in [-0.2, 0) is 16.4 Å². The number of sulfonamides is 1. The minimum absolute atomic E-state index is 0.324. The van der Waals surface area contributed by atoms with Crippen molar-refractivity contribution in [3.63, 3.8) is 0 Å². The third-order valence-corrected chi connectivity index (χ3v) is 5.86. The SMILES string of the molecule is CS(=O)(=O)N1CCC(NC2CCCc3cccnc32)CC1. The molecule has 1 aliphatic carbocycles. The van der Waals surface area contributed by atoms with E-state index in [1.165, 1.54) is 23.9 Å². The molecule has 0 bridgehead atoms. The van der Waals surface area contributed by atoms with Gasteiger partial charge in [-0.1, -0.05) is 6.07 Å². The summed E-state index contributed by atoms with van der Waals surface area (Å²) in [7, 11) is -3.04. The second-order valence-corrected chi connectivity index (χ2v) is 8.08. The van der Waals surface area contributed by atoms with Gasteiger partial charge >= 0.3 is 0 Å². The second kappa shape index (κ2) is 6.02. The maximum absolute atomic E-state index is 11.5. The first kappa shape index (κ1) is 14.9. The third-order valence-electron chi connectivity index (χ3n) is 4.55. The summed E-state index contributed by atoms with van der Waals surface area (Å²) in [4.78, 5) is 4.55. The van der Waals surface area contributed by atoms with Gasteiger partial charge in [0.2, 0.25) is 10.0 Å². The van der Waals surface area contributed by atoms with Crippen LogP contribution in [0.4, 0.5) is 0 Å². The van der Waals surface area contributed by atoms with Crippen LogP contribution in [0.2, 0.25) is 0 Å². The van der Waals surface area contributed by atoms with E-state index in [4.69, 9.17) is 0 Å². The van der Waals surface area contributed by atoms with Crippen LogP contribution in [0, 0.1) is 0 Å². The van der Waals surface area contributed by atoms with Gasteiger partial charge in [0.1, 0.15) is 0 Å². The first-order valence-corrected chi connectivity index (χ1v) is 9.54. The van der Waals surface area contributed by atoms with Gasteiger partial charge in [-0.05, 0) is 43.7 Å². The van der Waals surface area contributed by atoms with E-state index in [-0.39, 0.29) is 0 Å². The molecule has 0 amide bonds. The Morgan fingerprint density at radius 3 is 2.76 bits per heavy atom. The Morgan fingerprint density at radius 2 is 2.05 bits per heavy atom. The lowest BCUT2D eigenvalue weighted by Gasteiger charge is -2.34. The van der Waals surface area contributed by atoms with Crippen molar-refractivity contribution >= 4 is 10.0 Å². The smallest absolute Gasteiger partial charge is 0.211 e. The molecule has 1 N–H and O–H groups in total. The van der Waals surface area contributed by atoms with E-state index in [9.17, 15) is 8.42 Å². The van der Waals surface area contributed by atoms with E-state index in [1.54, 1.807) is 4.31 Å². The lowest BCUT2D eigenvalue weighted by molar-refractivity contribution is 0.265. The predicted octanol–water partition coefficient (Wildman–Crippen LogP) is 1.47. The normalized spacial score (nSPS) is 24.7. The number of fused-ring (bicyclic) bond motifs is 1. The molecular formula is C15H23N3O2S. The van der Waals surface area contributed by atoms with Crippen molar-refractivity contribution in [2.24, 2.45) is 0 Å². The Hall–Kier alpha value is -0.980. The standard InChI is InChI=1S/C15H23N3O2S/c1-21(19,20)18-10-7-13(8-11-18)17-14-6-2-4-12-5-3-9-16-15(12)14/h3,5,9,13-14,17H,2,4,6-8,10-11H2,1H3. The average molecular weight is 309 g/mol. The number of pyridine rings is 1. The zero-order chi connectivity index (χ0) is 14.9. The Kier molecular flexibility index (Phi) is 4.28. The van der Waals surface area contributed by atoms with Crippen LogP contribution in [0.1, 0.15) is 43.0 Å². The van der Waals surface area contributed by atoms with Gasteiger partial charge < -0.3 is 5.32 Å². The summed E-state index contributed by atoms with van der Waals surface area (Å²) >= 11 is 0. The maximum Gasteiger partial charge on any atom is 0.211 e. The number of nitrogens with zero attached hydrogens (tertiary/aromatic N) is 2. The highest BCUT2D eigenvalue weighted by Gasteiger charge is 2.28. The molecule has 116 valence electrons. The third kappa shape index (κ3) is 3.44. The highest BCUT2D eigenvalue weighted by molar-refractivity contribution is 7.88. The lowest BCUT2D eigenvalue weighted by atomic mass is 9.90. The molecule has 0 aromatic carbocycles. The molecule has 1 aliphatic heterocycles. The van der Waals surface area contributed by atoms with Crippen LogP contribution in [0.5, 0.6) is 0 Å². The van der Waals surface area contributed by atoms with Crippen molar-refractivity contribution in [2.75, 3.05) is 19.3 Å². The number of nitrogens with one attached hydrogen (secondary N) is 1. The van der Waals surface area contributed by atoms with Crippen molar-refractivity contribution in [2.45, 2.75) is 44.2 Å². The fraction of sp³-hybridized carbons (Fsp3) is 0.667. The summed E-state index contributed by atoms with van der Waals surface area (Å²) in [6.45, 7) is 1.25.